The minimum atomic E-state index is -4.72. The van der Waals surface area contributed by atoms with Crippen molar-refractivity contribution in [2.24, 2.45) is 7.05 Å². The van der Waals surface area contributed by atoms with Crippen LogP contribution in [-0.2, 0) is 19.6 Å². The SMILES string of the molecule is CC(Cc1nncn1C)c1cccc(NC(=O)c2ccnc(C(F)(F)F)n2)c1. The molecule has 0 aliphatic rings. The molecule has 0 saturated carbocycles. The molecule has 1 N–H and O–H groups in total. The third-order valence-electron chi connectivity index (χ3n) is 4.15. The molecule has 0 bridgehead atoms. The highest BCUT2D eigenvalue weighted by molar-refractivity contribution is 6.02. The Labute approximate surface area is 158 Å². The van der Waals surface area contributed by atoms with Gasteiger partial charge in [-0.2, -0.15) is 13.2 Å². The molecule has 0 radical (unpaired) electrons. The summed E-state index contributed by atoms with van der Waals surface area (Å²) in [6, 6.07) is 8.22. The molecular weight excluding hydrogens is 373 g/mol. The molecule has 0 aliphatic heterocycles. The second-order valence-electron chi connectivity index (χ2n) is 6.31. The van der Waals surface area contributed by atoms with Gasteiger partial charge in [-0.15, -0.1) is 10.2 Å². The lowest BCUT2D eigenvalue weighted by Crippen LogP contribution is -2.18. The maximum absolute atomic E-state index is 12.7. The summed E-state index contributed by atoms with van der Waals surface area (Å²) in [7, 11) is 1.86. The number of benzene rings is 1. The predicted molar refractivity (Wildman–Crippen MR) is 94.6 cm³/mol. The van der Waals surface area contributed by atoms with Crippen molar-refractivity contribution < 1.29 is 18.0 Å². The highest BCUT2D eigenvalue weighted by Gasteiger charge is 2.35. The molecule has 0 fully saturated rings. The first-order chi connectivity index (χ1) is 13.2. The highest BCUT2D eigenvalue weighted by atomic mass is 19.4. The highest BCUT2D eigenvalue weighted by Crippen LogP contribution is 2.26. The van der Waals surface area contributed by atoms with Crippen LogP contribution in [0.15, 0.2) is 42.9 Å². The third-order valence-corrected chi connectivity index (χ3v) is 4.15. The van der Waals surface area contributed by atoms with Crippen molar-refractivity contribution in [3.05, 3.63) is 65.8 Å². The molecule has 28 heavy (non-hydrogen) atoms. The van der Waals surface area contributed by atoms with Crippen molar-refractivity contribution >= 4 is 11.6 Å². The van der Waals surface area contributed by atoms with E-state index >= 15 is 0 Å². The van der Waals surface area contributed by atoms with Gasteiger partial charge < -0.3 is 9.88 Å². The Hall–Kier alpha value is -3.30. The van der Waals surface area contributed by atoms with E-state index in [0.717, 1.165) is 23.7 Å². The van der Waals surface area contributed by atoms with Crippen LogP contribution in [0.2, 0.25) is 0 Å². The number of aromatic nitrogens is 5. The van der Waals surface area contributed by atoms with Crippen LogP contribution in [0.1, 0.15) is 40.5 Å². The van der Waals surface area contributed by atoms with Gasteiger partial charge in [0.15, 0.2) is 0 Å². The first kappa shape index (κ1) is 19.5. The maximum Gasteiger partial charge on any atom is 0.451 e. The molecule has 7 nitrogen and oxygen atoms in total. The lowest BCUT2D eigenvalue weighted by molar-refractivity contribution is -0.145. The molecule has 146 valence electrons. The molecule has 1 aromatic carbocycles. The van der Waals surface area contributed by atoms with Gasteiger partial charge in [0.25, 0.3) is 5.91 Å². The average Bonchev–Trinajstić information content (AvgIpc) is 3.06. The maximum atomic E-state index is 12.7. The fraction of sp³-hybridized carbons (Fsp3) is 0.278. The summed E-state index contributed by atoms with van der Waals surface area (Å²) in [6.45, 7) is 2.01. The Bertz CT molecular complexity index is 985. The lowest BCUT2D eigenvalue weighted by Gasteiger charge is -2.13. The van der Waals surface area contributed by atoms with Crippen molar-refractivity contribution in [3.63, 3.8) is 0 Å². The zero-order chi connectivity index (χ0) is 20.3. The number of nitrogens with one attached hydrogen (secondary N) is 1. The summed E-state index contributed by atoms with van der Waals surface area (Å²) in [6.07, 6.45) is -1.54. The normalized spacial score (nSPS) is 12.6. The van der Waals surface area contributed by atoms with E-state index in [2.05, 4.69) is 25.5 Å². The topological polar surface area (TPSA) is 85.6 Å². The number of carbonyl (C=O) groups excluding carboxylic acids is 1. The zero-order valence-electron chi connectivity index (χ0n) is 15.1. The van der Waals surface area contributed by atoms with Gasteiger partial charge in [0, 0.05) is 25.4 Å². The third kappa shape index (κ3) is 4.51. The van der Waals surface area contributed by atoms with E-state index in [1.54, 1.807) is 24.5 Å². The fourth-order valence-electron chi connectivity index (χ4n) is 2.62. The smallest absolute Gasteiger partial charge is 0.321 e. The monoisotopic (exact) mass is 390 g/mol. The first-order valence-electron chi connectivity index (χ1n) is 8.38. The second-order valence-corrected chi connectivity index (χ2v) is 6.31. The molecule has 10 heteroatoms. The molecule has 3 rings (SSSR count). The molecule has 2 aromatic heterocycles. The number of alkyl halides is 3. The molecule has 0 saturated heterocycles. The summed E-state index contributed by atoms with van der Waals surface area (Å²) in [5.74, 6) is -1.18. The molecule has 3 aromatic rings. The molecule has 1 atom stereocenters. The largest absolute Gasteiger partial charge is 0.451 e. The number of hydrogen-bond acceptors (Lipinski definition) is 5. The van der Waals surface area contributed by atoms with Crippen LogP contribution in [0.4, 0.5) is 18.9 Å². The zero-order valence-corrected chi connectivity index (χ0v) is 15.1. The minimum absolute atomic E-state index is 0.0932. The molecule has 2 heterocycles. The summed E-state index contributed by atoms with van der Waals surface area (Å²) >= 11 is 0. The van der Waals surface area contributed by atoms with Gasteiger partial charge >= 0.3 is 6.18 Å². The van der Waals surface area contributed by atoms with Crippen LogP contribution in [-0.4, -0.2) is 30.6 Å². The summed E-state index contributed by atoms with van der Waals surface area (Å²) in [5.41, 5.74) is 1.04. The molecular formula is C18H17F3N6O. The Morgan fingerprint density at radius 3 is 2.75 bits per heavy atom. The summed E-state index contributed by atoms with van der Waals surface area (Å²) in [4.78, 5) is 18.7. The average molecular weight is 390 g/mol. The van der Waals surface area contributed by atoms with E-state index < -0.39 is 17.9 Å². The van der Waals surface area contributed by atoms with Crippen molar-refractivity contribution in [1.82, 2.24) is 24.7 Å². The van der Waals surface area contributed by atoms with Crippen LogP contribution < -0.4 is 5.32 Å². The lowest BCUT2D eigenvalue weighted by atomic mass is 9.97. The molecule has 1 unspecified atom stereocenters. The van der Waals surface area contributed by atoms with Gasteiger partial charge in [0.2, 0.25) is 5.82 Å². The Morgan fingerprint density at radius 2 is 2.07 bits per heavy atom. The quantitative estimate of drug-likeness (QED) is 0.723. The molecule has 0 aliphatic carbocycles. The Kier molecular flexibility index (Phi) is 5.39. The van der Waals surface area contributed by atoms with Crippen molar-refractivity contribution in [2.45, 2.75) is 25.4 Å². The van der Waals surface area contributed by atoms with Gasteiger partial charge in [-0.1, -0.05) is 19.1 Å². The van der Waals surface area contributed by atoms with E-state index in [1.165, 1.54) is 0 Å². The first-order valence-corrected chi connectivity index (χ1v) is 8.38. The number of halogens is 3. The second kappa shape index (κ2) is 7.75. The van der Waals surface area contributed by atoms with Gasteiger partial charge in [0.05, 0.1) is 0 Å². The fourth-order valence-corrected chi connectivity index (χ4v) is 2.62. The number of hydrogen-bond donors (Lipinski definition) is 1. The van der Waals surface area contributed by atoms with E-state index in [9.17, 15) is 18.0 Å². The van der Waals surface area contributed by atoms with Crippen LogP contribution in [0.5, 0.6) is 0 Å². The van der Waals surface area contributed by atoms with Crippen LogP contribution in [0.25, 0.3) is 0 Å². The number of aryl methyl sites for hydroxylation is 1. The molecule has 0 spiro atoms. The number of anilines is 1. The van der Waals surface area contributed by atoms with E-state index in [0.29, 0.717) is 12.1 Å². The van der Waals surface area contributed by atoms with Gasteiger partial charge in [0.1, 0.15) is 17.8 Å². The number of carbonyl (C=O) groups is 1. The minimum Gasteiger partial charge on any atom is -0.321 e. The van der Waals surface area contributed by atoms with E-state index in [-0.39, 0.29) is 11.6 Å². The number of amides is 1. The van der Waals surface area contributed by atoms with Crippen LogP contribution in [0, 0.1) is 0 Å². The van der Waals surface area contributed by atoms with E-state index in [4.69, 9.17) is 0 Å². The summed E-state index contributed by atoms with van der Waals surface area (Å²) in [5, 5.41) is 10.5. The Morgan fingerprint density at radius 1 is 1.29 bits per heavy atom. The van der Waals surface area contributed by atoms with Gasteiger partial charge in [-0.05, 0) is 29.7 Å². The van der Waals surface area contributed by atoms with Crippen LogP contribution >= 0.6 is 0 Å². The van der Waals surface area contributed by atoms with Crippen LogP contribution in [0.3, 0.4) is 0 Å². The van der Waals surface area contributed by atoms with Crippen molar-refractivity contribution in [1.29, 1.82) is 0 Å². The van der Waals surface area contributed by atoms with E-state index in [1.807, 2.05) is 24.6 Å². The Balaban J connectivity index is 1.74. The van der Waals surface area contributed by atoms with Crippen molar-refractivity contribution in [2.75, 3.05) is 5.32 Å². The molecule has 1 amide bonds. The van der Waals surface area contributed by atoms with Gasteiger partial charge in [-0.3, -0.25) is 4.79 Å². The predicted octanol–water partition coefficient (Wildman–Crippen LogP) is 3.22. The number of nitrogens with zero attached hydrogens (tertiary/aromatic N) is 5. The number of rotatable bonds is 5. The standard InChI is InChI=1S/C18H17F3N6O/c1-11(8-15-26-23-10-27(15)2)12-4-3-5-13(9-12)24-16(28)14-6-7-22-17(25-14)18(19,20)21/h3-7,9-11H,8H2,1-2H3,(H,24,28). The van der Waals surface area contributed by atoms with Crippen molar-refractivity contribution in [3.8, 4) is 0 Å². The van der Waals surface area contributed by atoms with Gasteiger partial charge in [-0.25, -0.2) is 9.97 Å². The summed E-state index contributed by atoms with van der Waals surface area (Å²) < 4.78 is 40.0.